The minimum Gasteiger partial charge on any atom is -0.398 e. The summed E-state index contributed by atoms with van der Waals surface area (Å²) in [5.41, 5.74) is 0.190. The van der Waals surface area contributed by atoms with Gasteiger partial charge >= 0.3 is 9.28 Å². The molecule has 0 N–H and O–H groups in total. The average molecular weight is 178 g/mol. The van der Waals surface area contributed by atoms with Crippen LogP contribution in [-0.4, -0.2) is 36.3 Å². The van der Waals surface area contributed by atoms with E-state index in [1.165, 1.54) is 0 Å². The molecule has 0 saturated carbocycles. The van der Waals surface area contributed by atoms with Crippen molar-refractivity contribution in [2.24, 2.45) is 0 Å². The van der Waals surface area contributed by atoms with Crippen LogP contribution in [0.25, 0.3) is 0 Å². The highest BCUT2D eigenvalue weighted by Gasteiger charge is 2.22. The summed E-state index contributed by atoms with van der Waals surface area (Å²) in [4.78, 5) is 0. The molecule has 68 valence electrons. The molecule has 0 saturated heterocycles. The molecule has 0 amide bonds. The molecule has 3 nitrogen and oxygen atoms in total. The summed E-state index contributed by atoms with van der Waals surface area (Å²) in [6.07, 6.45) is 2.13. The quantitative estimate of drug-likeness (QED) is 0.564. The number of hydrogen-bond acceptors (Lipinski definition) is 3. The van der Waals surface area contributed by atoms with Crippen LogP contribution in [0.3, 0.4) is 0 Å². The topological polar surface area (TPSA) is 27.7 Å². The van der Waals surface area contributed by atoms with Crippen LogP contribution < -0.4 is 0 Å². The van der Waals surface area contributed by atoms with Crippen LogP contribution in [-0.2, 0) is 13.6 Å². The molecule has 0 aliphatic carbocycles. The standard InChI is InChI=1S/C7H18O3Si/c1-5-6-7(8-2)11(9-3)10-4/h7,11H,5-6H2,1-4H3. The Morgan fingerprint density at radius 2 is 1.73 bits per heavy atom. The average Bonchev–Trinajstić information content (AvgIpc) is 2.05. The number of ether oxygens (including phenoxy) is 1. The van der Waals surface area contributed by atoms with Gasteiger partial charge in [-0.15, -0.1) is 0 Å². The maximum Gasteiger partial charge on any atom is 0.350 e. The lowest BCUT2D eigenvalue weighted by Gasteiger charge is -2.20. The van der Waals surface area contributed by atoms with Crippen LogP contribution >= 0.6 is 0 Å². The molecule has 1 unspecified atom stereocenters. The Labute approximate surface area is 70.5 Å². The lowest BCUT2D eigenvalue weighted by Crippen LogP contribution is -2.36. The third-order valence-corrected chi connectivity index (χ3v) is 3.79. The van der Waals surface area contributed by atoms with Crippen LogP contribution in [0, 0.1) is 0 Å². The molecule has 0 radical (unpaired) electrons. The van der Waals surface area contributed by atoms with E-state index in [9.17, 15) is 0 Å². The number of methoxy groups -OCH3 is 1. The van der Waals surface area contributed by atoms with Gasteiger partial charge in [0.15, 0.2) is 0 Å². The van der Waals surface area contributed by atoms with E-state index in [0.29, 0.717) is 0 Å². The Hall–Kier alpha value is 0.0969. The molecule has 0 aromatic rings. The Morgan fingerprint density at radius 3 is 2.00 bits per heavy atom. The maximum absolute atomic E-state index is 5.25. The fourth-order valence-corrected chi connectivity index (χ4v) is 2.68. The van der Waals surface area contributed by atoms with Crippen LogP contribution in [0.1, 0.15) is 19.8 Å². The zero-order valence-electron chi connectivity index (χ0n) is 7.79. The van der Waals surface area contributed by atoms with E-state index in [2.05, 4.69) is 6.92 Å². The van der Waals surface area contributed by atoms with E-state index < -0.39 is 9.28 Å². The fraction of sp³-hybridized carbons (Fsp3) is 1.00. The largest absolute Gasteiger partial charge is 0.398 e. The minimum atomic E-state index is -1.55. The summed E-state index contributed by atoms with van der Waals surface area (Å²) in [6.45, 7) is 2.13. The number of hydrogen-bond donors (Lipinski definition) is 0. The zero-order valence-corrected chi connectivity index (χ0v) is 8.95. The molecule has 0 fully saturated rings. The van der Waals surface area contributed by atoms with E-state index >= 15 is 0 Å². The molecule has 4 heteroatoms. The smallest absolute Gasteiger partial charge is 0.350 e. The van der Waals surface area contributed by atoms with E-state index in [0.717, 1.165) is 12.8 Å². The van der Waals surface area contributed by atoms with Crippen LogP contribution in [0.4, 0.5) is 0 Å². The van der Waals surface area contributed by atoms with Gasteiger partial charge in [0.25, 0.3) is 0 Å². The molecule has 0 heterocycles. The van der Waals surface area contributed by atoms with Gasteiger partial charge in [-0.2, -0.15) is 0 Å². The molecule has 0 aromatic heterocycles. The highest BCUT2D eigenvalue weighted by molar-refractivity contribution is 6.45. The van der Waals surface area contributed by atoms with Crippen molar-refractivity contribution in [3.05, 3.63) is 0 Å². The van der Waals surface area contributed by atoms with Crippen molar-refractivity contribution < 1.29 is 13.6 Å². The predicted molar refractivity (Wildman–Crippen MR) is 46.9 cm³/mol. The van der Waals surface area contributed by atoms with Crippen molar-refractivity contribution in [3.63, 3.8) is 0 Å². The van der Waals surface area contributed by atoms with E-state index in [4.69, 9.17) is 13.6 Å². The summed E-state index contributed by atoms with van der Waals surface area (Å²) in [6, 6.07) is 0. The summed E-state index contributed by atoms with van der Waals surface area (Å²) in [7, 11) is 3.52. The predicted octanol–water partition coefficient (Wildman–Crippen LogP) is 0.854. The SMILES string of the molecule is CCCC(OC)[SiH](OC)OC. The summed E-state index contributed by atoms with van der Waals surface area (Å²) in [5, 5.41) is 0. The van der Waals surface area contributed by atoms with Crippen molar-refractivity contribution in [1.29, 1.82) is 0 Å². The lowest BCUT2D eigenvalue weighted by molar-refractivity contribution is 0.107. The Kier molecular flexibility index (Phi) is 6.85. The van der Waals surface area contributed by atoms with Gasteiger partial charge in [0.05, 0.1) is 5.73 Å². The van der Waals surface area contributed by atoms with Crippen molar-refractivity contribution in [2.75, 3.05) is 21.3 Å². The van der Waals surface area contributed by atoms with Gasteiger partial charge in [-0.1, -0.05) is 13.3 Å². The van der Waals surface area contributed by atoms with E-state index in [-0.39, 0.29) is 5.73 Å². The monoisotopic (exact) mass is 178 g/mol. The van der Waals surface area contributed by atoms with Crippen LogP contribution in [0.2, 0.25) is 0 Å². The zero-order chi connectivity index (χ0) is 8.69. The van der Waals surface area contributed by atoms with Gasteiger partial charge in [-0.3, -0.25) is 0 Å². The first-order valence-corrected chi connectivity index (χ1v) is 5.49. The maximum atomic E-state index is 5.25. The Bertz CT molecular complexity index is 85.8. The minimum absolute atomic E-state index is 0.190. The third-order valence-electron chi connectivity index (χ3n) is 1.64. The normalized spacial score (nSPS) is 13.9. The molecule has 11 heavy (non-hydrogen) atoms. The van der Waals surface area contributed by atoms with Gasteiger partial charge in [0, 0.05) is 21.3 Å². The fourth-order valence-electron chi connectivity index (χ4n) is 1.05. The van der Waals surface area contributed by atoms with Gasteiger partial charge in [-0.05, 0) is 6.42 Å². The molecule has 0 aromatic carbocycles. The highest BCUT2D eigenvalue weighted by atomic mass is 28.3. The van der Waals surface area contributed by atoms with Crippen molar-refractivity contribution >= 4 is 9.28 Å². The molecule has 0 aliphatic rings. The molecule has 1 atom stereocenters. The van der Waals surface area contributed by atoms with Gasteiger partial charge < -0.3 is 13.6 Å². The van der Waals surface area contributed by atoms with E-state index in [1.54, 1.807) is 21.3 Å². The molecular formula is C7H18O3Si. The first-order valence-electron chi connectivity index (χ1n) is 3.88. The highest BCUT2D eigenvalue weighted by Crippen LogP contribution is 2.05. The van der Waals surface area contributed by atoms with Gasteiger partial charge in [0.2, 0.25) is 0 Å². The third kappa shape index (κ3) is 3.86. The van der Waals surface area contributed by atoms with Crippen LogP contribution in [0.5, 0.6) is 0 Å². The second kappa shape index (κ2) is 6.79. The summed E-state index contributed by atoms with van der Waals surface area (Å²) >= 11 is 0. The van der Waals surface area contributed by atoms with E-state index in [1.807, 2.05) is 0 Å². The second-order valence-corrected chi connectivity index (χ2v) is 4.83. The number of rotatable bonds is 6. The first kappa shape index (κ1) is 11.1. The summed E-state index contributed by atoms with van der Waals surface area (Å²) in [5.74, 6) is 0. The lowest BCUT2D eigenvalue weighted by atomic mass is 10.4. The molecular weight excluding hydrogens is 160 g/mol. The second-order valence-electron chi connectivity index (χ2n) is 2.40. The molecule has 0 spiro atoms. The summed E-state index contributed by atoms with van der Waals surface area (Å²) < 4.78 is 15.6. The molecule has 0 bridgehead atoms. The van der Waals surface area contributed by atoms with Crippen molar-refractivity contribution in [3.8, 4) is 0 Å². The molecule has 0 rings (SSSR count). The van der Waals surface area contributed by atoms with Gasteiger partial charge in [0.1, 0.15) is 0 Å². The van der Waals surface area contributed by atoms with Crippen molar-refractivity contribution in [1.82, 2.24) is 0 Å². The Balaban J connectivity index is 3.76. The first-order chi connectivity index (χ1) is 5.29. The van der Waals surface area contributed by atoms with Gasteiger partial charge in [-0.25, -0.2) is 0 Å². The van der Waals surface area contributed by atoms with Crippen LogP contribution in [0.15, 0.2) is 0 Å². The molecule has 0 aliphatic heterocycles. The van der Waals surface area contributed by atoms with Crippen molar-refractivity contribution in [2.45, 2.75) is 25.5 Å². The Morgan fingerprint density at radius 1 is 1.18 bits per heavy atom.